The van der Waals surface area contributed by atoms with Crippen molar-refractivity contribution < 1.29 is 25.9 Å². The molecule has 4 rings (SSSR count). The van der Waals surface area contributed by atoms with Crippen LogP contribution >= 0.6 is 0 Å². The van der Waals surface area contributed by atoms with Gasteiger partial charge < -0.3 is 9.11 Å². The number of aryl methyl sites for hydroxylation is 4. The van der Waals surface area contributed by atoms with Crippen LogP contribution in [0.4, 0.5) is 0 Å². The van der Waals surface area contributed by atoms with Crippen LogP contribution in [0.2, 0.25) is 0 Å². The second-order valence-electron chi connectivity index (χ2n) is 17.3. The topological polar surface area (TPSA) is 114 Å². The van der Waals surface area contributed by atoms with E-state index in [9.17, 15) is 25.9 Å². The van der Waals surface area contributed by atoms with Gasteiger partial charge in [-0.05, 0) is 119 Å². The fraction of sp³-hybridized carbons (Fsp3) is 0.615. The van der Waals surface area contributed by atoms with Crippen molar-refractivity contribution in [1.82, 2.24) is 0 Å². The maximum atomic E-state index is 12.0. The van der Waals surface area contributed by atoms with Gasteiger partial charge in [-0.25, -0.2) is 16.8 Å². The van der Waals surface area contributed by atoms with Gasteiger partial charge in [0.05, 0.1) is 9.79 Å². The standard InChI is InChI=1S/2C26H40O3S.Ca/c2*1-3-5-7-9-11-13-15-22-17-18-24-19-23(16-14-12-10-8-6-4-2)21-26(25(24)20-22)30(27,28)29;/h2*17-21H,3-16H2,1-2H3,(H,27,28,29);/q;;+2/p-2. The Bertz CT molecular complexity index is 1900. The molecule has 0 aliphatic carbocycles. The van der Waals surface area contributed by atoms with E-state index in [2.05, 4.69) is 52.0 Å². The number of hydrogen-bond donors (Lipinski definition) is 0. The van der Waals surface area contributed by atoms with E-state index in [1.807, 2.05) is 24.3 Å². The molecule has 0 spiro atoms. The molecule has 0 saturated carbocycles. The summed E-state index contributed by atoms with van der Waals surface area (Å²) in [7, 11) is -8.99. The molecule has 0 amide bonds. The number of rotatable bonds is 30. The Kier molecular flexibility index (Phi) is 28.6. The maximum Gasteiger partial charge on any atom is 2.00 e. The third-order valence-electron chi connectivity index (χ3n) is 11.9. The van der Waals surface area contributed by atoms with Crippen LogP contribution in [0.25, 0.3) is 21.5 Å². The van der Waals surface area contributed by atoms with Crippen LogP contribution < -0.4 is 0 Å². The van der Waals surface area contributed by atoms with Crippen LogP contribution in [-0.2, 0) is 45.9 Å². The minimum absolute atomic E-state index is 0. The number of hydrogen-bond acceptors (Lipinski definition) is 6. The zero-order chi connectivity index (χ0) is 43.6. The monoisotopic (exact) mass is 902 g/mol. The van der Waals surface area contributed by atoms with E-state index in [0.717, 1.165) is 97.2 Å². The van der Waals surface area contributed by atoms with Gasteiger partial charge in [0, 0.05) is 0 Å². The van der Waals surface area contributed by atoms with Crippen molar-refractivity contribution in [1.29, 1.82) is 0 Å². The molecular formula is C52H78CaO6S2. The summed E-state index contributed by atoms with van der Waals surface area (Å²) in [4.78, 5) is -0.100. The molecule has 4 aromatic rings. The predicted octanol–water partition coefficient (Wildman–Crippen LogP) is 14.7. The van der Waals surface area contributed by atoms with Gasteiger partial charge in [0.15, 0.2) is 0 Å². The van der Waals surface area contributed by atoms with E-state index in [0.29, 0.717) is 10.8 Å². The van der Waals surface area contributed by atoms with E-state index in [4.69, 9.17) is 0 Å². The Morgan fingerprint density at radius 1 is 0.344 bits per heavy atom. The third-order valence-corrected chi connectivity index (χ3v) is 13.6. The van der Waals surface area contributed by atoms with Gasteiger partial charge in [-0.3, -0.25) is 0 Å². The summed E-state index contributed by atoms with van der Waals surface area (Å²) in [5, 5.41) is 2.89. The van der Waals surface area contributed by atoms with Crippen LogP contribution in [0, 0.1) is 0 Å². The van der Waals surface area contributed by atoms with Crippen LogP contribution in [0.15, 0.2) is 70.5 Å². The van der Waals surface area contributed by atoms with Crippen LogP contribution in [-0.4, -0.2) is 63.7 Å². The van der Waals surface area contributed by atoms with Crippen molar-refractivity contribution in [3.63, 3.8) is 0 Å². The van der Waals surface area contributed by atoms with Gasteiger partial charge in [0.1, 0.15) is 20.2 Å². The molecule has 0 atom stereocenters. The summed E-state index contributed by atoms with van der Waals surface area (Å²) >= 11 is 0. The fourth-order valence-electron chi connectivity index (χ4n) is 8.31. The zero-order valence-corrected chi connectivity index (χ0v) is 42.4. The summed E-state index contributed by atoms with van der Waals surface area (Å²) in [5.41, 5.74) is 4.14. The van der Waals surface area contributed by atoms with Crippen LogP contribution in [0.5, 0.6) is 0 Å². The molecule has 0 N–H and O–H groups in total. The molecule has 0 aliphatic rings. The average molecular weight is 903 g/mol. The largest absolute Gasteiger partial charge is 2.00 e. The molecule has 0 bridgehead atoms. The van der Waals surface area contributed by atoms with E-state index in [1.54, 1.807) is 12.1 Å². The van der Waals surface area contributed by atoms with Crippen molar-refractivity contribution in [3.05, 3.63) is 82.9 Å². The summed E-state index contributed by atoms with van der Waals surface area (Å²) < 4.78 is 71.8. The quantitative estimate of drug-likeness (QED) is 0.0292. The van der Waals surface area contributed by atoms with Crippen LogP contribution in [0.3, 0.4) is 0 Å². The molecule has 9 heteroatoms. The Morgan fingerprint density at radius 3 is 0.885 bits per heavy atom. The first-order valence-corrected chi connectivity index (χ1v) is 26.8. The molecule has 336 valence electrons. The summed E-state index contributed by atoms with van der Waals surface area (Å²) in [5.74, 6) is 0. The smallest absolute Gasteiger partial charge is 0.744 e. The maximum absolute atomic E-state index is 12.0. The SMILES string of the molecule is CCCCCCCCc1cc(S(=O)(=O)[O-])c2cc(CCCCCCCC)ccc2c1.CCCCCCCCc1cc(S(=O)(=O)[O-])c2cc(CCCCCCCC)ccc2c1.[Ca+2]. The molecule has 0 unspecified atom stereocenters. The zero-order valence-electron chi connectivity index (χ0n) is 38.5. The summed E-state index contributed by atoms with van der Waals surface area (Å²) in [6, 6.07) is 19.3. The van der Waals surface area contributed by atoms with Crippen molar-refractivity contribution in [2.75, 3.05) is 0 Å². The minimum Gasteiger partial charge on any atom is -0.744 e. The van der Waals surface area contributed by atoms with Gasteiger partial charge in [0.25, 0.3) is 0 Å². The predicted molar refractivity (Wildman–Crippen MR) is 258 cm³/mol. The normalized spacial score (nSPS) is 11.8. The van der Waals surface area contributed by atoms with Crippen molar-refractivity contribution in [2.24, 2.45) is 0 Å². The van der Waals surface area contributed by atoms with E-state index in [-0.39, 0.29) is 47.5 Å². The number of fused-ring (bicyclic) bond motifs is 2. The van der Waals surface area contributed by atoms with Crippen molar-refractivity contribution in [2.45, 2.75) is 217 Å². The van der Waals surface area contributed by atoms with Gasteiger partial charge in [0.2, 0.25) is 0 Å². The minimum atomic E-state index is -4.50. The van der Waals surface area contributed by atoms with Gasteiger partial charge >= 0.3 is 37.7 Å². The Morgan fingerprint density at radius 2 is 0.607 bits per heavy atom. The van der Waals surface area contributed by atoms with Gasteiger partial charge in [-0.2, -0.15) is 0 Å². The number of unbranched alkanes of at least 4 members (excludes halogenated alkanes) is 20. The second-order valence-corrected chi connectivity index (χ2v) is 20.0. The van der Waals surface area contributed by atoms with Gasteiger partial charge in [-0.1, -0.05) is 193 Å². The molecule has 0 aliphatic heterocycles. The Balaban J connectivity index is 0.000000413. The third kappa shape index (κ3) is 21.8. The number of benzene rings is 4. The van der Waals surface area contributed by atoms with Crippen molar-refractivity contribution in [3.8, 4) is 0 Å². The van der Waals surface area contributed by atoms with E-state index < -0.39 is 20.2 Å². The second kappa shape index (κ2) is 31.4. The molecule has 0 aromatic heterocycles. The Hall–Kier alpha value is -1.52. The molecule has 0 fully saturated rings. The summed E-state index contributed by atoms with van der Waals surface area (Å²) in [6.45, 7) is 8.85. The molecule has 0 heterocycles. The first-order valence-electron chi connectivity index (χ1n) is 23.9. The molecule has 61 heavy (non-hydrogen) atoms. The summed E-state index contributed by atoms with van der Waals surface area (Å²) in [6.07, 6.45) is 32.6. The van der Waals surface area contributed by atoms with Crippen molar-refractivity contribution >= 4 is 79.5 Å². The fourth-order valence-corrected chi connectivity index (χ4v) is 9.80. The first kappa shape index (κ1) is 55.6. The molecular weight excluding hydrogens is 825 g/mol. The molecule has 0 saturated heterocycles. The first-order chi connectivity index (χ1) is 28.9. The molecule has 6 nitrogen and oxygen atoms in total. The van der Waals surface area contributed by atoms with Gasteiger partial charge in [-0.15, -0.1) is 0 Å². The Labute approximate surface area is 402 Å². The van der Waals surface area contributed by atoms with E-state index in [1.165, 1.54) is 116 Å². The molecule has 0 radical (unpaired) electrons. The van der Waals surface area contributed by atoms with Crippen LogP contribution in [0.1, 0.15) is 204 Å². The average Bonchev–Trinajstić information content (AvgIpc) is 3.22. The van der Waals surface area contributed by atoms with E-state index >= 15 is 0 Å². The molecule has 4 aromatic carbocycles.